The van der Waals surface area contributed by atoms with Crippen LogP contribution in [0.1, 0.15) is 41.5 Å². The lowest BCUT2D eigenvalue weighted by molar-refractivity contribution is -0.120. The van der Waals surface area contributed by atoms with Gasteiger partial charge in [0.1, 0.15) is 12.4 Å². The fourth-order valence-corrected chi connectivity index (χ4v) is 5.36. The van der Waals surface area contributed by atoms with E-state index >= 15 is 0 Å². The Morgan fingerprint density at radius 3 is 2.39 bits per heavy atom. The molecule has 0 radical (unpaired) electrons. The molecule has 0 saturated carbocycles. The first-order chi connectivity index (χ1) is 15.1. The van der Waals surface area contributed by atoms with Crippen molar-refractivity contribution in [2.45, 2.75) is 38.7 Å². The summed E-state index contributed by atoms with van der Waals surface area (Å²) in [6.07, 6.45) is 6.87. The van der Waals surface area contributed by atoms with Gasteiger partial charge < -0.3 is 4.74 Å². The van der Waals surface area contributed by atoms with Crippen LogP contribution < -0.4 is 4.74 Å². The molecular weight excluding hydrogens is 380 g/mol. The molecular formula is C29H28O2. The summed E-state index contributed by atoms with van der Waals surface area (Å²) in [6, 6.07) is 27.1. The zero-order valence-corrected chi connectivity index (χ0v) is 18.0. The third-order valence-corrected chi connectivity index (χ3v) is 7.04. The van der Waals surface area contributed by atoms with E-state index in [0.29, 0.717) is 6.61 Å². The van der Waals surface area contributed by atoms with Gasteiger partial charge in [0.15, 0.2) is 5.78 Å². The van der Waals surface area contributed by atoms with Crippen molar-refractivity contribution in [3.8, 4) is 5.75 Å². The Hall–Kier alpha value is -3.13. The monoisotopic (exact) mass is 408 g/mol. The van der Waals surface area contributed by atoms with Crippen LogP contribution in [0.5, 0.6) is 5.75 Å². The molecule has 0 fully saturated rings. The number of benzene rings is 3. The number of allylic oxidation sites excluding steroid dienone is 2. The SMILES string of the molecule is C[C@]12C=CC(=O)[C@H](Cc3ccccc3)[C@@H]1c1ccc(OCc3ccccc3)cc1CC2. The first kappa shape index (κ1) is 19.8. The highest BCUT2D eigenvalue weighted by Gasteiger charge is 2.46. The van der Waals surface area contributed by atoms with Gasteiger partial charge in [-0.05, 0) is 65.1 Å². The quantitative estimate of drug-likeness (QED) is 0.495. The number of rotatable bonds is 5. The maximum atomic E-state index is 13.0. The van der Waals surface area contributed by atoms with E-state index in [0.717, 1.165) is 25.0 Å². The number of ketones is 1. The molecule has 3 aromatic rings. The molecule has 0 spiro atoms. The second-order valence-electron chi connectivity index (χ2n) is 9.15. The van der Waals surface area contributed by atoms with Crippen LogP contribution in [0.4, 0.5) is 0 Å². The molecule has 0 aromatic heterocycles. The lowest BCUT2D eigenvalue weighted by atomic mass is 9.56. The molecule has 5 rings (SSSR count). The molecule has 2 nitrogen and oxygen atoms in total. The van der Waals surface area contributed by atoms with Crippen LogP contribution in [0.25, 0.3) is 0 Å². The fourth-order valence-electron chi connectivity index (χ4n) is 5.36. The summed E-state index contributed by atoms with van der Waals surface area (Å²) in [4.78, 5) is 13.0. The van der Waals surface area contributed by atoms with E-state index in [2.05, 4.69) is 67.6 Å². The molecule has 156 valence electrons. The van der Waals surface area contributed by atoms with Crippen molar-refractivity contribution in [1.29, 1.82) is 0 Å². The van der Waals surface area contributed by atoms with E-state index in [1.54, 1.807) is 0 Å². The lowest BCUT2D eigenvalue weighted by Gasteiger charge is -2.46. The van der Waals surface area contributed by atoms with Crippen molar-refractivity contribution < 1.29 is 9.53 Å². The molecule has 31 heavy (non-hydrogen) atoms. The minimum Gasteiger partial charge on any atom is -0.489 e. The third kappa shape index (κ3) is 3.95. The van der Waals surface area contributed by atoms with Gasteiger partial charge in [0.2, 0.25) is 0 Å². The van der Waals surface area contributed by atoms with Crippen molar-refractivity contribution in [2.75, 3.05) is 0 Å². The van der Waals surface area contributed by atoms with Gasteiger partial charge >= 0.3 is 0 Å². The van der Waals surface area contributed by atoms with Gasteiger partial charge in [0.05, 0.1) is 0 Å². The maximum absolute atomic E-state index is 13.0. The Labute approximate surface area is 184 Å². The van der Waals surface area contributed by atoms with E-state index in [1.807, 2.05) is 30.3 Å². The predicted molar refractivity (Wildman–Crippen MR) is 124 cm³/mol. The second kappa shape index (κ2) is 8.19. The minimum atomic E-state index is -0.0208. The van der Waals surface area contributed by atoms with Crippen molar-refractivity contribution in [1.82, 2.24) is 0 Å². The predicted octanol–water partition coefficient (Wildman–Crippen LogP) is 6.30. The number of carbonyl (C=O) groups excluding carboxylic acids is 1. The zero-order chi connectivity index (χ0) is 21.3. The Bertz CT molecular complexity index is 1100. The van der Waals surface area contributed by atoms with Crippen LogP contribution >= 0.6 is 0 Å². The molecule has 0 N–H and O–H groups in total. The number of hydrogen-bond acceptors (Lipinski definition) is 2. The molecule has 2 aliphatic carbocycles. The Balaban J connectivity index is 1.44. The summed E-state index contributed by atoms with van der Waals surface area (Å²) >= 11 is 0. The summed E-state index contributed by atoms with van der Waals surface area (Å²) in [5.41, 5.74) is 5.06. The van der Waals surface area contributed by atoms with E-state index < -0.39 is 0 Å². The average molecular weight is 409 g/mol. The number of fused-ring (bicyclic) bond motifs is 3. The summed E-state index contributed by atoms with van der Waals surface area (Å²) in [7, 11) is 0. The van der Waals surface area contributed by atoms with Crippen molar-refractivity contribution in [2.24, 2.45) is 11.3 Å². The Morgan fingerprint density at radius 2 is 1.65 bits per heavy atom. The van der Waals surface area contributed by atoms with Crippen LogP contribution in [0.2, 0.25) is 0 Å². The van der Waals surface area contributed by atoms with E-state index in [1.165, 1.54) is 22.3 Å². The van der Waals surface area contributed by atoms with Gasteiger partial charge in [-0.3, -0.25) is 4.79 Å². The summed E-state index contributed by atoms with van der Waals surface area (Å²) in [6.45, 7) is 2.89. The van der Waals surface area contributed by atoms with Crippen molar-refractivity contribution in [3.05, 3.63) is 113 Å². The van der Waals surface area contributed by atoms with Crippen LogP contribution in [0, 0.1) is 11.3 Å². The number of hydrogen-bond donors (Lipinski definition) is 0. The van der Waals surface area contributed by atoms with Crippen LogP contribution in [0.15, 0.2) is 91.0 Å². The van der Waals surface area contributed by atoms with Crippen LogP contribution in [0.3, 0.4) is 0 Å². The van der Waals surface area contributed by atoms with Crippen molar-refractivity contribution >= 4 is 5.78 Å². The molecule has 0 saturated heterocycles. The van der Waals surface area contributed by atoms with Gasteiger partial charge in [-0.1, -0.05) is 79.7 Å². The molecule has 2 heteroatoms. The number of ether oxygens (including phenoxy) is 1. The maximum Gasteiger partial charge on any atom is 0.159 e. The van der Waals surface area contributed by atoms with Gasteiger partial charge in [0, 0.05) is 11.8 Å². The van der Waals surface area contributed by atoms with Gasteiger partial charge in [-0.25, -0.2) is 0 Å². The van der Waals surface area contributed by atoms with Crippen molar-refractivity contribution in [3.63, 3.8) is 0 Å². The standard InChI is InChI=1S/C29H28O2/c1-29-16-14-23-19-24(31-20-22-10-6-3-7-11-22)12-13-25(23)28(29)26(27(30)15-17-29)18-21-8-4-2-5-9-21/h2-13,15,17,19,26,28H,14,16,18,20H2,1H3/t26-,28-,29-/m0/s1. The summed E-state index contributed by atoms with van der Waals surface area (Å²) in [5, 5.41) is 0. The highest BCUT2D eigenvalue weighted by molar-refractivity contribution is 5.94. The molecule has 0 aliphatic heterocycles. The van der Waals surface area contributed by atoms with E-state index in [-0.39, 0.29) is 23.0 Å². The molecule has 0 amide bonds. The first-order valence-electron chi connectivity index (χ1n) is 11.2. The minimum absolute atomic E-state index is 0.0206. The van der Waals surface area contributed by atoms with Crippen LogP contribution in [-0.4, -0.2) is 5.78 Å². The van der Waals surface area contributed by atoms with Crippen LogP contribution in [-0.2, 0) is 24.2 Å². The first-order valence-corrected chi connectivity index (χ1v) is 11.2. The molecule has 0 unspecified atom stereocenters. The summed E-state index contributed by atoms with van der Waals surface area (Å²) < 4.78 is 6.08. The largest absolute Gasteiger partial charge is 0.489 e. The highest BCUT2D eigenvalue weighted by atomic mass is 16.5. The Kier molecular flexibility index (Phi) is 5.23. The Morgan fingerprint density at radius 1 is 0.935 bits per heavy atom. The smallest absolute Gasteiger partial charge is 0.159 e. The zero-order valence-electron chi connectivity index (χ0n) is 18.0. The third-order valence-electron chi connectivity index (χ3n) is 7.04. The lowest BCUT2D eigenvalue weighted by Crippen LogP contribution is -2.41. The highest BCUT2D eigenvalue weighted by Crippen LogP contribution is 2.53. The van der Waals surface area contributed by atoms with Gasteiger partial charge in [-0.15, -0.1) is 0 Å². The van der Waals surface area contributed by atoms with E-state index in [9.17, 15) is 4.79 Å². The fraction of sp³-hybridized carbons (Fsp3) is 0.276. The molecule has 0 heterocycles. The molecule has 2 aliphatic rings. The molecule has 3 atom stereocenters. The van der Waals surface area contributed by atoms with E-state index in [4.69, 9.17) is 4.74 Å². The normalized spacial score (nSPS) is 24.4. The molecule has 0 bridgehead atoms. The number of aryl methyl sites for hydroxylation is 1. The summed E-state index contributed by atoms with van der Waals surface area (Å²) in [5.74, 6) is 1.34. The average Bonchev–Trinajstić information content (AvgIpc) is 2.81. The van der Waals surface area contributed by atoms with Gasteiger partial charge in [-0.2, -0.15) is 0 Å². The molecule has 3 aromatic carbocycles. The topological polar surface area (TPSA) is 26.3 Å². The van der Waals surface area contributed by atoms with Gasteiger partial charge in [0.25, 0.3) is 0 Å². The number of carbonyl (C=O) groups is 1. The second-order valence-corrected chi connectivity index (χ2v) is 9.15.